The maximum absolute atomic E-state index is 13.4. The van der Waals surface area contributed by atoms with Crippen LogP contribution in [0.3, 0.4) is 0 Å². The number of halogens is 3. The summed E-state index contributed by atoms with van der Waals surface area (Å²) in [6, 6.07) is 13.9. The summed E-state index contributed by atoms with van der Waals surface area (Å²) in [5, 5.41) is 2.95. The number of aryl methyl sites for hydroxylation is 2. The van der Waals surface area contributed by atoms with Crippen LogP contribution in [0.2, 0.25) is 0 Å². The second kappa shape index (κ2) is 10.3. The molecular weight excluding hydrogens is 527 g/mol. The number of esters is 1. The van der Waals surface area contributed by atoms with Crippen LogP contribution >= 0.6 is 0 Å². The number of ether oxygens (including phenoxy) is 1. The van der Waals surface area contributed by atoms with Gasteiger partial charge in [0, 0.05) is 43.1 Å². The zero-order chi connectivity index (χ0) is 28.8. The second-order valence-electron chi connectivity index (χ2n) is 9.78. The van der Waals surface area contributed by atoms with E-state index in [0.29, 0.717) is 11.1 Å². The first-order chi connectivity index (χ1) is 19.0. The summed E-state index contributed by atoms with van der Waals surface area (Å²) in [4.78, 5) is 43.4. The van der Waals surface area contributed by atoms with Crippen LogP contribution in [-0.4, -0.2) is 69.2 Å². The predicted molar refractivity (Wildman–Crippen MR) is 141 cm³/mol. The number of carbonyl (C=O) groups excluding carboxylic acids is 3. The number of methoxy groups -OCH3 is 1. The summed E-state index contributed by atoms with van der Waals surface area (Å²) in [6.07, 6.45) is -5.09. The third kappa shape index (κ3) is 4.78. The molecule has 2 amide bonds. The van der Waals surface area contributed by atoms with Crippen LogP contribution in [0.1, 0.15) is 23.7 Å². The van der Waals surface area contributed by atoms with E-state index in [2.05, 4.69) is 23.6 Å². The number of nitrogens with one attached hydrogen (secondary N) is 1. The number of rotatable bonds is 5. The second-order valence-corrected chi connectivity index (χ2v) is 9.78. The zero-order valence-corrected chi connectivity index (χ0v) is 22.2. The van der Waals surface area contributed by atoms with E-state index >= 15 is 0 Å². The summed E-state index contributed by atoms with van der Waals surface area (Å²) < 4.78 is 47.6. The maximum Gasteiger partial charge on any atom is 0.471 e. The quantitative estimate of drug-likeness (QED) is 0.377. The number of likely N-dealkylation sites (tertiary alicyclic amines) is 1. The Morgan fingerprint density at radius 1 is 1.10 bits per heavy atom. The molecule has 9 nitrogen and oxygen atoms in total. The SMILES string of the molecule is CCn1c(-c2nc3cc(C(=O)N4CC[C@@H](C(=O)OC)C(NC(=O)C(F)(F)F)C4)ccc3n2C)cc2ccccc21. The van der Waals surface area contributed by atoms with Crippen molar-refractivity contribution < 1.29 is 32.3 Å². The standard InChI is InChI=1S/C28H28F3N5O4/c1-4-36-21-8-6-5-7-16(21)14-23(36)24-32-19-13-17(9-10-22(19)34(24)2)25(37)35-12-11-18(26(38)40-3)20(15-35)33-27(39)28(29,30)31/h5-10,13-14,18,20H,4,11-12,15H2,1-3H3,(H,33,39)/t18-,20?/m1/s1. The highest BCUT2D eigenvalue weighted by atomic mass is 19.4. The van der Waals surface area contributed by atoms with E-state index in [-0.39, 0.29) is 19.5 Å². The minimum absolute atomic E-state index is 0.0404. The Hall–Kier alpha value is -4.35. The number of para-hydroxylation sites is 1. The fourth-order valence-corrected chi connectivity index (χ4v) is 5.45. The van der Waals surface area contributed by atoms with Crippen LogP contribution in [0, 0.1) is 5.92 Å². The van der Waals surface area contributed by atoms with Gasteiger partial charge in [-0.2, -0.15) is 13.2 Å². The number of alkyl halides is 3. The van der Waals surface area contributed by atoms with E-state index < -0.39 is 35.9 Å². The first-order valence-corrected chi connectivity index (χ1v) is 12.8. The summed E-state index contributed by atoms with van der Waals surface area (Å²) in [5.74, 6) is -3.64. The number of benzene rings is 2. The maximum atomic E-state index is 13.4. The molecular formula is C28H28F3N5O4. The number of fused-ring (bicyclic) bond motifs is 2. The lowest BCUT2D eigenvalue weighted by Gasteiger charge is -2.37. The molecule has 2 atom stereocenters. The van der Waals surface area contributed by atoms with Crippen molar-refractivity contribution in [3.8, 4) is 11.5 Å². The minimum atomic E-state index is -5.13. The molecule has 0 saturated carbocycles. The summed E-state index contributed by atoms with van der Waals surface area (Å²) in [5.41, 5.74) is 3.71. The molecule has 1 N–H and O–H groups in total. The van der Waals surface area contributed by atoms with Crippen molar-refractivity contribution >= 4 is 39.7 Å². The van der Waals surface area contributed by atoms with Crippen LogP contribution in [-0.2, 0) is 27.9 Å². The minimum Gasteiger partial charge on any atom is -0.469 e. The molecule has 1 aliphatic rings. The molecule has 3 heterocycles. The summed E-state index contributed by atoms with van der Waals surface area (Å²) in [6.45, 7) is 2.63. The molecule has 0 bridgehead atoms. The molecule has 1 fully saturated rings. The van der Waals surface area contributed by atoms with E-state index in [4.69, 9.17) is 9.72 Å². The van der Waals surface area contributed by atoms with Gasteiger partial charge in [-0.05, 0) is 43.7 Å². The largest absolute Gasteiger partial charge is 0.471 e. The van der Waals surface area contributed by atoms with Crippen molar-refractivity contribution in [2.45, 2.75) is 32.1 Å². The Balaban J connectivity index is 1.44. The lowest BCUT2D eigenvalue weighted by molar-refractivity contribution is -0.175. The van der Waals surface area contributed by atoms with E-state index in [1.54, 1.807) is 18.2 Å². The topological polar surface area (TPSA) is 98.5 Å². The molecule has 40 heavy (non-hydrogen) atoms. The predicted octanol–water partition coefficient (Wildman–Crippen LogP) is 3.90. The highest BCUT2D eigenvalue weighted by molar-refractivity contribution is 5.98. The molecule has 1 unspecified atom stereocenters. The number of hydrogen-bond acceptors (Lipinski definition) is 5. The average Bonchev–Trinajstić information content (AvgIpc) is 3.48. The number of hydrogen-bond donors (Lipinski definition) is 1. The monoisotopic (exact) mass is 555 g/mol. The Morgan fingerprint density at radius 3 is 2.55 bits per heavy atom. The molecule has 0 aliphatic carbocycles. The Morgan fingerprint density at radius 2 is 1.85 bits per heavy atom. The Labute approximate surface area is 227 Å². The van der Waals surface area contributed by atoms with Crippen LogP contribution in [0.15, 0.2) is 48.5 Å². The average molecular weight is 556 g/mol. The van der Waals surface area contributed by atoms with Gasteiger partial charge in [0.15, 0.2) is 5.82 Å². The lowest BCUT2D eigenvalue weighted by Crippen LogP contribution is -2.58. The van der Waals surface area contributed by atoms with Gasteiger partial charge >= 0.3 is 18.1 Å². The van der Waals surface area contributed by atoms with Gasteiger partial charge in [0.1, 0.15) is 0 Å². The van der Waals surface area contributed by atoms with Crippen molar-refractivity contribution in [3.05, 3.63) is 54.1 Å². The Bertz CT molecular complexity index is 1620. The van der Waals surface area contributed by atoms with Crippen LogP contribution in [0.25, 0.3) is 33.5 Å². The van der Waals surface area contributed by atoms with E-state index in [1.807, 2.05) is 35.1 Å². The molecule has 0 spiro atoms. The van der Waals surface area contributed by atoms with E-state index in [0.717, 1.165) is 41.6 Å². The molecule has 0 radical (unpaired) electrons. The number of piperidine rings is 1. The summed E-state index contributed by atoms with van der Waals surface area (Å²) >= 11 is 0. The molecule has 1 aliphatic heterocycles. The molecule has 1 saturated heterocycles. The highest BCUT2D eigenvalue weighted by Gasteiger charge is 2.44. The number of amides is 2. The number of imidazole rings is 1. The van der Waals surface area contributed by atoms with Crippen molar-refractivity contribution in [2.75, 3.05) is 20.2 Å². The molecule has 2 aromatic heterocycles. The van der Waals surface area contributed by atoms with Crippen LogP contribution in [0.4, 0.5) is 13.2 Å². The smallest absolute Gasteiger partial charge is 0.469 e. The van der Waals surface area contributed by atoms with Gasteiger partial charge in [0.25, 0.3) is 5.91 Å². The molecule has 5 rings (SSSR count). The molecule has 210 valence electrons. The normalized spacial score (nSPS) is 17.8. The van der Waals surface area contributed by atoms with Gasteiger partial charge < -0.3 is 24.1 Å². The fraction of sp³-hybridized carbons (Fsp3) is 0.357. The number of nitrogens with zero attached hydrogens (tertiary/aromatic N) is 4. The summed E-state index contributed by atoms with van der Waals surface area (Å²) in [7, 11) is 3.02. The van der Waals surface area contributed by atoms with Gasteiger partial charge in [-0.1, -0.05) is 18.2 Å². The van der Waals surface area contributed by atoms with Crippen molar-refractivity contribution in [1.29, 1.82) is 0 Å². The van der Waals surface area contributed by atoms with Gasteiger partial charge in [0.2, 0.25) is 0 Å². The number of aromatic nitrogens is 3. The number of carbonyl (C=O) groups is 3. The molecule has 2 aromatic carbocycles. The van der Waals surface area contributed by atoms with Crippen molar-refractivity contribution in [1.82, 2.24) is 24.3 Å². The first-order valence-electron chi connectivity index (χ1n) is 12.8. The van der Waals surface area contributed by atoms with Crippen molar-refractivity contribution in [2.24, 2.45) is 13.0 Å². The lowest BCUT2D eigenvalue weighted by atomic mass is 9.91. The van der Waals surface area contributed by atoms with Crippen molar-refractivity contribution in [3.63, 3.8) is 0 Å². The third-order valence-corrected chi connectivity index (χ3v) is 7.46. The van der Waals surface area contributed by atoms with Gasteiger partial charge in [-0.3, -0.25) is 14.4 Å². The van der Waals surface area contributed by atoms with Gasteiger partial charge in [-0.25, -0.2) is 4.98 Å². The third-order valence-electron chi connectivity index (χ3n) is 7.46. The fourth-order valence-electron chi connectivity index (χ4n) is 5.45. The molecule has 12 heteroatoms. The molecule has 4 aromatic rings. The van der Waals surface area contributed by atoms with E-state index in [1.165, 1.54) is 4.90 Å². The van der Waals surface area contributed by atoms with E-state index in [9.17, 15) is 27.6 Å². The van der Waals surface area contributed by atoms with Gasteiger partial charge in [-0.15, -0.1) is 0 Å². The first kappa shape index (κ1) is 27.2. The zero-order valence-electron chi connectivity index (χ0n) is 22.2. The van der Waals surface area contributed by atoms with Crippen LogP contribution < -0.4 is 5.32 Å². The Kier molecular flexibility index (Phi) is 7.03. The highest BCUT2D eigenvalue weighted by Crippen LogP contribution is 2.31. The van der Waals surface area contributed by atoms with Crippen LogP contribution in [0.5, 0.6) is 0 Å². The van der Waals surface area contributed by atoms with Gasteiger partial charge in [0.05, 0.1) is 35.8 Å².